The third kappa shape index (κ3) is 5.60. The van der Waals surface area contributed by atoms with E-state index >= 15 is 0 Å². The molecule has 4 nitrogen and oxygen atoms in total. The van der Waals surface area contributed by atoms with E-state index in [1.54, 1.807) is 0 Å². The zero-order chi connectivity index (χ0) is 10.4. The number of carboxylic acid groups (broad SMARTS) is 1. The Kier molecular flexibility index (Phi) is 5.66. The zero-order valence-electron chi connectivity index (χ0n) is 8.66. The third-order valence-electron chi connectivity index (χ3n) is 2.22. The smallest absolute Gasteiger partial charge is 0.320 e. The molecule has 0 heterocycles. The lowest BCUT2D eigenvalue weighted by atomic mass is 10.1. The first-order chi connectivity index (χ1) is 5.95. The zero-order valence-corrected chi connectivity index (χ0v) is 8.66. The van der Waals surface area contributed by atoms with E-state index in [1.807, 2.05) is 7.05 Å². The predicted octanol–water partition coefficient (Wildman–Crippen LogP) is 0.519. The van der Waals surface area contributed by atoms with Crippen molar-refractivity contribution in [2.45, 2.75) is 38.8 Å². The Hall–Kier alpha value is -0.610. The van der Waals surface area contributed by atoms with Crippen molar-refractivity contribution in [2.75, 3.05) is 13.6 Å². The van der Waals surface area contributed by atoms with Crippen LogP contribution in [0.4, 0.5) is 0 Å². The van der Waals surface area contributed by atoms with Crippen molar-refractivity contribution in [2.24, 2.45) is 5.73 Å². The Morgan fingerprint density at radius 3 is 2.46 bits per heavy atom. The lowest BCUT2D eigenvalue weighted by Gasteiger charge is -2.21. The van der Waals surface area contributed by atoms with Crippen LogP contribution in [0.15, 0.2) is 0 Å². The number of rotatable bonds is 6. The highest BCUT2D eigenvalue weighted by molar-refractivity contribution is 5.72. The molecule has 1 atom stereocenters. The average molecular weight is 188 g/mol. The highest BCUT2D eigenvalue weighted by Crippen LogP contribution is 2.00. The summed E-state index contributed by atoms with van der Waals surface area (Å²) in [6.45, 7) is 5.12. The summed E-state index contributed by atoms with van der Waals surface area (Å²) < 4.78 is 0. The van der Waals surface area contributed by atoms with Gasteiger partial charge < -0.3 is 15.7 Å². The van der Waals surface area contributed by atoms with Gasteiger partial charge in [-0.05, 0) is 40.3 Å². The van der Waals surface area contributed by atoms with E-state index in [1.165, 1.54) is 0 Å². The third-order valence-corrected chi connectivity index (χ3v) is 2.22. The van der Waals surface area contributed by atoms with Crippen LogP contribution in [0.1, 0.15) is 26.7 Å². The van der Waals surface area contributed by atoms with Crippen LogP contribution in [-0.4, -0.2) is 41.7 Å². The van der Waals surface area contributed by atoms with Crippen LogP contribution in [0.5, 0.6) is 0 Å². The van der Waals surface area contributed by atoms with Crippen molar-refractivity contribution in [1.29, 1.82) is 0 Å². The molecule has 78 valence electrons. The number of nitrogens with two attached hydrogens (primary N) is 1. The maximum Gasteiger partial charge on any atom is 0.320 e. The highest BCUT2D eigenvalue weighted by Gasteiger charge is 2.11. The van der Waals surface area contributed by atoms with Crippen molar-refractivity contribution in [3.05, 3.63) is 0 Å². The summed E-state index contributed by atoms with van der Waals surface area (Å²) in [5.41, 5.74) is 5.36. The largest absolute Gasteiger partial charge is 0.480 e. The SMILES string of the molecule is CC(C)N(C)CCCC(N)C(=O)O. The van der Waals surface area contributed by atoms with E-state index in [0.29, 0.717) is 12.5 Å². The lowest BCUT2D eigenvalue weighted by Crippen LogP contribution is -2.32. The molecule has 0 radical (unpaired) electrons. The molecule has 3 N–H and O–H groups in total. The van der Waals surface area contributed by atoms with Crippen LogP contribution < -0.4 is 5.73 Å². The molecule has 0 saturated heterocycles. The van der Waals surface area contributed by atoms with Crippen molar-refractivity contribution in [3.63, 3.8) is 0 Å². The highest BCUT2D eigenvalue weighted by atomic mass is 16.4. The molecule has 13 heavy (non-hydrogen) atoms. The Labute approximate surface area is 79.7 Å². The quantitative estimate of drug-likeness (QED) is 0.637. The Balaban J connectivity index is 3.50. The number of hydrogen-bond acceptors (Lipinski definition) is 3. The summed E-state index contributed by atoms with van der Waals surface area (Å²) in [6, 6.07) is -0.207. The second kappa shape index (κ2) is 5.94. The van der Waals surface area contributed by atoms with Crippen LogP contribution in [0.3, 0.4) is 0 Å². The molecule has 0 amide bonds. The standard InChI is InChI=1S/C9H20N2O2/c1-7(2)11(3)6-4-5-8(10)9(12)13/h7-8H,4-6,10H2,1-3H3,(H,12,13). The van der Waals surface area contributed by atoms with Crippen LogP contribution in [0.25, 0.3) is 0 Å². The van der Waals surface area contributed by atoms with Crippen LogP contribution in [0, 0.1) is 0 Å². The first kappa shape index (κ1) is 12.4. The van der Waals surface area contributed by atoms with E-state index in [4.69, 9.17) is 10.8 Å². The molecule has 0 saturated carbocycles. The van der Waals surface area contributed by atoms with Gasteiger partial charge in [-0.15, -0.1) is 0 Å². The first-order valence-electron chi connectivity index (χ1n) is 4.63. The fourth-order valence-corrected chi connectivity index (χ4v) is 0.942. The average Bonchev–Trinajstić information content (AvgIpc) is 2.03. The van der Waals surface area contributed by atoms with E-state index in [2.05, 4.69) is 18.7 Å². The van der Waals surface area contributed by atoms with Gasteiger partial charge in [-0.2, -0.15) is 0 Å². The van der Waals surface area contributed by atoms with Crippen molar-refractivity contribution >= 4 is 5.97 Å². The van der Waals surface area contributed by atoms with Gasteiger partial charge >= 0.3 is 5.97 Å². The molecule has 0 spiro atoms. The maximum absolute atomic E-state index is 10.4. The summed E-state index contributed by atoms with van der Waals surface area (Å²) in [5.74, 6) is -0.910. The lowest BCUT2D eigenvalue weighted by molar-refractivity contribution is -0.138. The topological polar surface area (TPSA) is 66.6 Å². The first-order valence-corrected chi connectivity index (χ1v) is 4.63. The fourth-order valence-electron chi connectivity index (χ4n) is 0.942. The van der Waals surface area contributed by atoms with E-state index < -0.39 is 12.0 Å². The molecule has 0 aliphatic carbocycles. The number of hydrogen-bond donors (Lipinski definition) is 2. The molecule has 0 rings (SSSR count). The Morgan fingerprint density at radius 2 is 2.08 bits per heavy atom. The molecule has 0 aliphatic rings. The minimum absolute atomic E-state index is 0.501. The second-order valence-corrected chi connectivity index (χ2v) is 3.66. The van der Waals surface area contributed by atoms with Gasteiger partial charge in [0.25, 0.3) is 0 Å². The van der Waals surface area contributed by atoms with Gasteiger partial charge in [0.15, 0.2) is 0 Å². The van der Waals surface area contributed by atoms with Gasteiger partial charge in [-0.3, -0.25) is 4.79 Å². The minimum atomic E-state index is -0.910. The molecular formula is C9H20N2O2. The predicted molar refractivity (Wildman–Crippen MR) is 52.6 cm³/mol. The monoisotopic (exact) mass is 188 g/mol. The van der Waals surface area contributed by atoms with Gasteiger partial charge in [0.2, 0.25) is 0 Å². The van der Waals surface area contributed by atoms with E-state index in [-0.39, 0.29) is 0 Å². The molecule has 0 aromatic rings. The van der Waals surface area contributed by atoms with Crippen molar-refractivity contribution < 1.29 is 9.90 Å². The molecular weight excluding hydrogens is 168 g/mol. The maximum atomic E-state index is 10.4. The molecule has 0 aromatic heterocycles. The molecule has 0 aliphatic heterocycles. The van der Waals surface area contributed by atoms with Crippen LogP contribution in [-0.2, 0) is 4.79 Å². The summed E-state index contributed by atoms with van der Waals surface area (Å²) >= 11 is 0. The van der Waals surface area contributed by atoms with Gasteiger partial charge in [-0.25, -0.2) is 0 Å². The normalized spacial score (nSPS) is 13.7. The number of carboxylic acids is 1. The summed E-state index contributed by atoms with van der Waals surface area (Å²) in [5, 5.41) is 8.52. The number of nitrogens with zero attached hydrogens (tertiary/aromatic N) is 1. The Bertz CT molecular complexity index is 160. The molecule has 0 bridgehead atoms. The molecule has 4 heteroatoms. The minimum Gasteiger partial charge on any atom is -0.480 e. The summed E-state index contributed by atoms with van der Waals surface area (Å²) in [4.78, 5) is 12.5. The summed E-state index contributed by atoms with van der Waals surface area (Å²) in [7, 11) is 2.02. The van der Waals surface area contributed by atoms with Gasteiger partial charge in [0, 0.05) is 6.04 Å². The van der Waals surface area contributed by atoms with Gasteiger partial charge in [0.1, 0.15) is 6.04 Å². The summed E-state index contributed by atoms with van der Waals surface area (Å²) in [6.07, 6.45) is 1.38. The fraction of sp³-hybridized carbons (Fsp3) is 0.889. The molecule has 0 aromatic carbocycles. The number of carbonyl (C=O) groups is 1. The molecule has 1 unspecified atom stereocenters. The van der Waals surface area contributed by atoms with E-state index in [0.717, 1.165) is 13.0 Å². The van der Waals surface area contributed by atoms with E-state index in [9.17, 15) is 4.79 Å². The van der Waals surface area contributed by atoms with Crippen molar-refractivity contribution in [3.8, 4) is 0 Å². The van der Waals surface area contributed by atoms with Gasteiger partial charge in [-0.1, -0.05) is 0 Å². The molecule has 0 fully saturated rings. The van der Waals surface area contributed by atoms with Gasteiger partial charge in [0.05, 0.1) is 0 Å². The van der Waals surface area contributed by atoms with Crippen molar-refractivity contribution in [1.82, 2.24) is 4.90 Å². The Morgan fingerprint density at radius 1 is 1.54 bits per heavy atom. The van der Waals surface area contributed by atoms with Crippen LogP contribution in [0.2, 0.25) is 0 Å². The second-order valence-electron chi connectivity index (χ2n) is 3.66. The van der Waals surface area contributed by atoms with Crippen LogP contribution >= 0.6 is 0 Å². The number of aliphatic carboxylic acids is 1.